The minimum absolute atomic E-state index is 0.0776. The number of carbonyl (C=O) groups excluding carboxylic acids is 1. The fourth-order valence-electron chi connectivity index (χ4n) is 3.51. The molecule has 1 saturated heterocycles. The molecular formula is C24H24N2O2. The lowest BCUT2D eigenvalue weighted by atomic mass is 9.98. The predicted molar refractivity (Wildman–Crippen MR) is 112 cm³/mol. The number of ether oxygens (including phenoxy) is 1. The molecule has 3 aromatic rings. The lowest BCUT2D eigenvalue weighted by Crippen LogP contribution is -2.36. The molecule has 0 aliphatic carbocycles. The Morgan fingerprint density at radius 2 is 1.32 bits per heavy atom. The topological polar surface area (TPSA) is 41.6 Å². The number of morpholine rings is 1. The van der Waals surface area contributed by atoms with Crippen molar-refractivity contribution in [2.45, 2.75) is 6.04 Å². The molecule has 4 rings (SSSR count). The van der Waals surface area contributed by atoms with Crippen LogP contribution in [0.1, 0.15) is 27.5 Å². The number of carbonyl (C=O) groups is 1. The molecule has 0 aromatic heterocycles. The zero-order valence-electron chi connectivity index (χ0n) is 15.8. The monoisotopic (exact) mass is 372 g/mol. The SMILES string of the molecule is O=C(NC(c1ccccc1)c1ccccc1)c1ccc(N2CCOCC2)cc1. The third-order valence-electron chi connectivity index (χ3n) is 5.05. The van der Waals surface area contributed by atoms with Gasteiger partial charge >= 0.3 is 0 Å². The molecule has 1 aliphatic heterocycles. The van der Waals surface area contributed by atoms with Gasteiger partial charge in [0.2, 0.25) is 0 Å². The summed E-state index contributed by atoms with van der Waals surface area (Å²) < 4.78 is 5.41. The predicted octanol–water partition coefficient (Wildman–Crippen LogP) is 4.04. The van der Waals surface area contributed by atoms with Gasteiger partial charge in [0.15, 0.2) is 0 Å². The molecule has 4 nitrogen and oxygen atoms in total. The van der Waals surface area contributed by atoms with E-state index in [1.807, 2.05) is 84.9 Å². The summed E-state index contributed by atoms with van der Waals surface area (Å²) >= 11 is 0. The summed E-state index contributed by atoms with van der Waals surface area (Å²) in [6, 6.07) is 27.7. The summed E-state index contributed by atoms with van der Waals surface area (Å²) in [5.74, 6) is -0.0776. The fraction of sp³-hybridized carbons (Fsp3) is 0.208. The second kappa shape index (κ2) is 8.72. The zero-order valence-corrected chi connectivity index (χ0v) is 15.8. The highest BCUT2D eigenvalue weighted by atomic mass is 16.5. The number of nitrogens with one attached hydrogen (secondary N) is 1. The van der Waals surface area contributed by atoms with Gasteiger partial charge in [-0.25, -0.2) is 0 Å². The van der Waals surface area contributed by atoms with Crippen LogP contribution >= 0.6 is 0 Å². The van der Waals surface area contributed by atoms with Gasteiger partial charge in [-0.1, -0.05) is 60.7 Å². The molecule has 1 amide bonds. The molecule has 28 heavy (non-hydrogen) atoms. The first kappa shape index (κ1) is 18.3. The Balaban J connectivity index is 1.53. The summed E-state index contributed by atoms with van der Waals surface area (Å²) in [5.41, 5.74) is 3.91. The quantitative estimate of drug-likeness (QED) is 0.735. The molecule has 0 unspecified atom stereocenters. The van der Waals surface area contributed by atoms with Gasteiger partial charge in [-0.3, -0.25) is 4.79 Å². The van der Waals surface area contributed by atoms with Crippen molar-refractivity contribution < 1.29 is 9.53 Å². The number of anilines is 1. The molecule has 1 N–H and O–H groups in total. The Morgan fingerprint density at radius 1 is 0.786 bits per heavy atom. The molecule has 1 fully saturated rings. The van der Waals surface area contributed by atoms with Gasteiger partial charge in [-0.2, -0.15) is 0 Å². The van der Waals surface area contributed by atoms with E-state index in [1.165, 1.54) is 0 Å². The largest absolute Gasteiger partial charge is 0.378 e. The molecule has 1 heterocycles. The van der Waals surface area contributed by atoms with E-state index < -0.39 is 0 Å². The Hall–Kier alpha value is -3.11. The van der Waals surface area contributed by atoms with Crippen LogP contribution in [0.5, 0.6) is 0 Å². The van der Waals surface area contributed by atoms with Crippen LogP contribution in [0.2, 0.25) is 0 Å². The molecule has 0 atom stereocenters. The van der Waals surface area contributed by atoms with Gasteiger partial charge in [0.1, 0.15) is 0 Å². The highest BCUT2D eigenvalue weighted by Gasteiger charge is 2.18. The summed E-state index contributed by atoms with van der Waals surface area (Å²) in [7, 11) is 0. The smallest absolute Gasteiger partial charge is 0.252 e. The second-order valence-corrected chi connectivity index (χ2v) is 6.87. The van der Waals surface area contributed by atoms with E-state index in [0.29, 0.717) is 5.56 Å². The Bertz CT molecular complexity index is 849. The summed E-state index contributed by atoms with van der Waals surface area (Å²) in [6.07, 6.45) is 0. The van der Waals surface area contributed by atoms with E-state index in [9.17, 15) is 4.79 Å². The van der Waals surface area contributed by atoms with Gasteiger partial charge in [0, 0.05) is 24.3 Å². The molecule has 0 bridgehead atoms. The van der Waals surface area contributed by atoms with Crippen LogP contribution in [0.25, 0.3) is 0 Å². The lowest BCUT2D eigenvalue weighted by Gasteiger charge is -2.29. The van der Waals surface area contributed by atoms with Crippen molar-refractivity contribution in [1.29, 1.82) is 0 Å². The van der Waals surface area contributed by atoms with E-state index >= 15 is 0 Å². The molecule has 4 heteroatoms. The maximum atomic E-state index is 12.9. The standard InChI is InChI=1S/C24H24N2O2/c27-24(21-11-13-22(14-12-21)26-15-17-28-18-16-26)25-23(19-7-3-1-4-8-19)20-9-5-2-6-10-20/h1-14,23H,15-18H2,(H,25,27). The highest BCUT2D eigenvalue weighted by Crippen LogP contribution is 2.23. The minimum Gasteiger partial charge on any atom is -0.378 e. The van der Waals surface area contributed by atoms with Crippen molar-refractivity contribution in [3.63, 3.8) is 0 Å². The van der Waals surface area contributed by atoms with Gasteiger partial charge in [0.25, 0.3) is 5.91 Å². The zero-order chi connectivity index (χ0) is 19.2. The molecule has 0 radical (unpaired) electrons. The molecule has 0 saturated carbocycles. The maximum absolute atomic E-state index is 12.9. The van der Waals surface area contributed by atoms with Crippen molar-refractivity contribution in [3.05, 3.63) is 102 Å². The minimum atomic E-state index is -0.186. The van der Waals surface area contributed by atoms with E-state index in [-0.39, 0.29) is 11.9 Å². The molecule has 142 valence electrons. The maximum Gasteiger partial charge on any atom is 0.252 e. The van der Waals surface area contributed by atoms with E-state index in [1.54, 1.807) is 0 Å². The number of rotatable bonds is 5. The van der Waals surface area contributed by atoms with Crippen molar-refractivity contribution in [1.82, 2.24) is 5.32 Å². The average molecular weight is 372 g/mol. The van der Waals surface area contributed by atoms with Gasteiger partial charge < -0.3 is 15.0 Å². The first-order valence-electron chi connectivity index (χ1n) is 9.65. The van der Waals surface area contributed by atoms with Crippen LogP contribution < -0.4 is 10.2 Å². The third-order valence-corrected chi connectivity index (χ3v) is 5.05. The van der Waals surface area contributed by atoms with Gasteiger partial charge in [-0.15, -0.1) is 0 Å². The Kier molecular flexibility index (Phi) is 5.69. The van der Waals surface area contributed by atoms with Crippen molar-refractivity contribution >= 4 is 11.6 Å². The lowest BCUT2D eigenvalue weighted by molar-refractivity contribution is 0.0943. The Morgan fingerprint density at radius 3 is 1.86 bits per heavy atom. The number of hydrogen-bond donors (Lipinski definition) is 1. The van der Waals surface area contributed by atoms with E-state index in [2.05, 4.69) is 10.2 Å². The second-order valence-electron chi connectivity index (χ2n) is 6.87. The number of amides is 1. The van der Waals surface area contributed by atoms with E-state index in [0.717, 1.165) is 43.1 Å². The number of nitrogens with zero attached hydrogens (tertiary/aromatic N) is 1. The summed E-state index contributed by atoms with van der Waals surface area (Å²) in [6.45, 7) is 3.27. The number of benzene rings is 3. The summed E-state index contributed by atoms with van der Waals surface area (Å²) in [5, 5.41) is 3.19. The van der Waals surface area contributed by atoms with Crippen LogP contribution in [0, 0.1) is 0 Å². The van der Waals surface area contributed by atoms with Crippen LogP contribution in [-0.2, 0) is 4.74 Å². The normalized spacial score (nSPS) is 14.1. The van der Waals surface area contributed by atoms with Crippen LogP contribution in [0.15, 0.2) is 84.9 Å². The van der Waals surface area contributed by atoms with Gasteiger partial charge in [0.05, 0.1) is 19.3 Å². The third kappa shape index (κ3) is 4.24. The fourth-order valence-corrected chi connectivity index (χ4v) is 3.51. The van der Waals surface area contributed by atoms with Crippen molar-refractivity contribution in [2.24, 2.45) is 0 Å². The van der Waals surface area contributed by atoms with Crippen LogP contribution in [0.4, 0.5) is 5.69 Å². The molecule has 0 spiro atoms. The summed E-state index contributed by atoms with van der Waals surface area (Å²) in [4.78, 5) is 15.2. The Labute approximate surface area is 165 Å². The van der Waals surface area contributed by atoms with E-state index in [4.69, 9.17) is 4.74 Å². The molecular weight excluding hydrogens is 348 g/mol. The van der Waals surface area contributed by atoms with Gasteiger partial charge in [-0.05, 0) is 35.4 Å². The average Bonchev–Trinajstić information content (AvgIpc) is 2.79. The first-order chi connectivity index (χ1) is 13.8. The van der Waals surface area contributed by atoms with Crippen molar-refractivity contribution in [3.8, 4) is 0 Å². The van der Waals surface area contributed by atoms with Crippen LogP contribution in [-0.4, -0.2) is 32.2 Å². The molecule has 1 aliphatic rings. The van der Waals surface area contributed by atoms with Crippen LogP contribution in [0.3, 0.4) is 0 Å². The van der Waals surface area contributed by atoms with Crippen molar-refractivity contribution in [2.75, 3.05) is 31.2 Å². The molecule has 3 aromatic carbocycles. The highest BCUT2D eigenvalue weighted by molar-refractivity contribution is 5.95. The first-order valence-corrected chi connectivity index (χ1v) is 9.65. The number of hydrogen-bond acceptors (Lipinski definition) is 3.